The lowest BCUT2D eigenvalue weighted by Crippen LogP contribution is -2.04. The summed E-state index contributed by atoms with van der Waals surface area (Å²) in [5, 5.41) is 0. The van der Waals surface area contributed by atoms with E-state index in [0.29, 0.717) is 18.0 Å². The molecule has 3 aromatic carbocycles. The average Bonchev–Trinajstić information content (AvgIpc) is 3.21. The lowest BCUT2D eigenvalue weighted by molar-refractivity contribution is 0.103. The molecule has 0 aliphatic carbocycles. The van der Waals surface area contributed by atoms with Crippen LogP contribution in [0.4, 0.5) is 0 Å². The summed E-state index contributed by atoms with van der Waals surface area (Å²) in [5.41, 5.74) is 4.11. The fourth-order valence-corrected chi connectivity index (χ4v) is 3.11. The average molecular weight is 368 g/mol. The highest BCUT2D eigenvalue weighted by atomic mass is 16.5. The Morgan fingerprint density at radius 1 is 0.857 bits per heavy atom. The predicted molar refractivity (Wildman–Crippen MR) is 111 cm³/mol. The van der Waals surface area contributed by atoms with Gasteiger partial charge in [-0.1, -0.05) is 60.7 Å². The van der Waals surface area contributed by atoms with Gasteiger partial charge in [0.15, 0.2) is 5.82 Å². The molecule has 1 heterocycles. The van der Waals surface area contributed by atoms with E-state index in [0.717, 1.165) is 28.3 Å². The number of ether oxygens (including phenoxy) is 1. The van der Waals surface area contributed by atoms with Gasteiger partial charge in [-0.2, -0.15) is 0 Å². The van der Waals surface area contributed by atoms with E-state index < -0.39 is 0 Å². The van der Waals surface area contributed by atoms with Crippen molar-refractivity contribution in [2.45, 2.75) is 6.92 Å². The first-order valence-electron chi connectivity index (χ1n) is 9.24. The van der Waals surface area contributed by atoms with Crippen LogP contribution in [-0.4, -0.2) is 22.4 Å². The lowest BCUT2D eigenvalue weighted by Gasteiger charge is -2.03. The Bertz CT molecular complexity index is 1010. The molecule has 0 aliphatic rings. The smallest absolute Gasteiger partial charge is 0.228 e. The Balaban J connectivity index is 1.76. The summed E-state index contributed by atoms with van der Waals surface area (Å²) in [4.78, 5) is 20.9. The molecule has 0 fully saturated rings. The number of rotatable bonds is 6. The Morgan fingerprint density at radius 3 is 2.07 bits per heavy atom. The number of ketones is 1. The second kappa shape index (κ2) is 7.92. The molecule has 4 nitrogen and oxygen atoms in total. The molecule has 0 saturated carbocycles. The summed E-state index contributed by atoms with van der Waals surface area (Å²) in [6.07, 6.45) is 0. The Morgan fingerprint density at radius 2 is 1.46 bits per heavy atom. The van der Waals surface area contributed by atoms with Gasteiger partial charge in [0.05, 0.1) is 18.0 Å². The maximum absolute atomic E-state index is 13.0. The van der Waals surface area contributed by atoms with Crippen LogP contribution < -0.4 is 4.74 Å². The Labute approximate surface area is 163 Å². The normalized spacial score (nSPS) is 10.6. The molecule has 0 bridgehead atoms. The topological polar surface area (TPSA) is 55.0 Å². The van der Waals surface area contributed by atoms with Gasteiger partial charge in [0.2, 0.25) is 5.78 Å². The van der Waals surface area contributed by atoms with Gasteiger partial charge in [-0.3, -0.25) is 4.79 Å². The summed E-state index contributed by atoms with van der Waals surface area (Å²) in [6.45, 7) is 2.52. The summed E-state index contributed by atoms with van der Waals surface area (Å²) in [6, 6.07) is 26.9. The molecule has 4 aromatic rings. The predicted octanol–water partition coefficient (Wildman–Crippen LogP) is 5.37. The van der Waals surface area contributed by atoms with Crippen molar-refractivity contribution in [2.75, 3.05) is 6.61 Å². The van der Waals surface area contributed by atoms with Crippen LogP contribution >= 0.6 is 0 Å². The van der Waals surface area contributed by atoms with Gasteiger partial charge in [-0.15, -0.1) is 0 Å². The van der Waals surface area contributed by atoms with E-state index in [2.05, 4.69) is 9.97 Å². The monoisotopic (exact) mass is 368 g/mol. The van der Waals surface area contributed by atoms with E-state index in [9.17, 15) is 4.79 Å². The van der Waals surface area contributed by atoms with Crippen LogP contribution in [-0.2, 0) is 0 Å². The van der Waals surface area contributed by atoms with Gasteiger partial charge in [-0.25, -0.2) is 4.98 Å². The molecule has 0 amide bonds. The third-order valence-corrected chi connectivity index (χ3v) is 4.46. The second-order valence-corrected chi connectivity index (χ2v) is 6.33. The van der Waals surface area contributed by atoms with Gasteiger partial charge in [0, 0.05) is 16.7 Å². The zero-order valence-electron chi connectivity index (χ0n) is 15.6. The first-order valence-corrected chi connectivity index (χ1v) is 9.24. The molecule has 1 aromatic heterocycles. The fourth-order valence-electron chi connectivity index (χ4n) is 3.11. The molecule has 0 radical (unpaired) electrons. The molecule has 0 spiro atoms. The van der Waals surface area contributed by atoms with Gasteiger partial charge in [-0.05, 0) is 31.2 Å². The van der Waals surface area contributed by atoms with Crippen molar-refractivity contribution in [3.8, 4) is 28.3 Å². The Hall–Kier alpha value is -3.66. The molecule has 4 heteroatoms. The standard InChI is InChI=1S/C24H20N2O2/c1-2-28-20-15-13-19(14-16-20)23(27)24-25-21(17-9-5-3-6-10-17)22(26-24)18-11-7-4-8-12-18/h3-16H,2H2,1H3,(H,25,26). The van der Waals surface area contributed by atoms with Crippen LogP contribution in [0.3, 0.4) is 0 Å². The minimum Gasteiger partial charge on any atom is -0.494 e. The minimum absolute atomic E-state index is 0.151. The number of benzene rings is 3. The van der Waals surface area contributed by atoms with E-state index >= 15 is 0 Å². The molecule has 0 unspecified atom stereocenters. The Kier molecular flexibility index (Phi) is 5.02. The molecule has 0 atom stereocenters. The van der Waals surface area contributed by atoms with Crippen molar-refractivity contribution >= 4 is 5.78 Å². The number of nitrogens with one attached hydrogen (secondary N) is 1. The molecule has 0 saturated heterocycles. The van der Waals surface area contributed by atoms with Crippen molar-refractivity contribution in [2.24, 2.45) is 0 Å². The van der Waals surface area contributed by atoms with Crippen LogP contribution in [0.15, 0.2) is 84.9 Å². The number of carbonyl (C=O) groups excluding carboxylic acids is 1. The number of hydrogen-bond donors (Lipinski definition) is 1. The van der Waals surface area contributed by atoms with E-state index in [1.165, 1.54) is 0 Å². The maximum Gasteiger partial charge on any atom is 0.228 e. The van der Waals surface area contributed by atoms with E-state index in [1.54, 1.807) is 24.3 Å². The summed E-state index contributed by atoms with van der Waals surface area (Å²) < 4.78 is 5.45. The first-order chi connectivity index (χ1) is 13.8. The van der Waals surface area contributed by atoms with Crippen LogP contribution in [0.25, 0.3) is 22.5 Å². The van der Waals surface area contributed by atoms with Gasteiger partial charge >= 0.3 is 0 Å². The summed E-state index contributed by atoms with van der Waals surface area (Å²) >= 11 is 0. The van der Waals surface area contributed by atoms with Gasteiger partial charge < -0.3 is 9.72 Å². The van der Waals surface area contributed by atoms with E-state index in [1.807, 2.05) is 67.6 Å². The fraction of sp³-hybridized carbons (Fsp3) is 0.0833. The number of nitrogens with zero attached hydrogens (tertiary/aromatic N) is 1. The number of aromatic nitrogens is 2. The van der Waals surface area contributed by atoms with Crippen LogP contribution in [0, 0.1) is 0 Å². The summed E-state index contributed by atoms with van der Waals surface area (Å²) in [5.74, 6) is 0.915. The van der Waals surface area contributed by atoms with Crippen LogP contribution in [0.5, 0.6) is 5.75 Å². The quantitative estimate of drug-likeness (QED) is 0.465. The van der Waals surface area contributed by atoms with Crippen LogP contribution in [0.1, 0.15) is 23.1 Å². The SMILES string of the molecule is CCOc1ccc(C(=O)c2nc(-c3ccccc3)c(-c3ccccc3)[nH]2)cc1. The maximum atomic E-state index is 13.0. The molecule has 138 valence electrons. The molecule has 0 aliphatic heterocycles. The third-order valence-electron chi connectivity index (χ3n) is 4.46. The highest BCUT2D eigenvalue weighted by molar-refractivity contribution is 6.07. The highest BCUT2D eigenvalue weighted by Gasteiger charge is 2.19. The molecule has 28 heavy (non-hydrogen) atoms. The molecular weight excluding hydrogens is 348 g/mol. The number of H-pyrrole nitrogens is 1. The summed E-state index contributed by atoms with van der Waals surface area (Å²) in [7, 11) is 0. The molecule has 4 rings (SSSR count). The third kappa shape index (κ3) is 3.58. The molecular formula is C24H20N2O2. The zero-order chi connectivity index (χ0) is 19.3. The zero-order valence-corrected chi connectivity index (χ0v) is 15.6. The second-order valence-electron chi connectivity index (χ2n) is 6.33. The van der Waals surface area contributed by atoms with Crippen molar-refractivity contribution < 1.29 is 9.53 Å². The van der Waals surface area contributed by atoms with Crippen LogP contribution in [0.2, 0.25) is 0 Å². The number of hydrogen-bond acceptors (Lipinski definition) is 3. The van der Waals surface area contributed by atoms with Crippen molar-refractivity contribution in [3.63, 3.8) is 0 Å². The highest BCUT2D eigenvalue weighted by Crippen LogP contribution is 2.30. The van der Waals surface area contributed by atoms with Crippen molar-refractivity contribution in [3.05, 3.63) is 96.3 Å². The lowest BCUT2D eigenvalue weighted by atomic mass is 10.1. The van der Waals surface area contributed by atoms with Crippen molar-refractivity contribution in [1.29, 1.82) is 0 Å². The number of aromatic amines is 1. The van der Waals surface area contributed by atoms with E-state index in [4.69, 9.17) is 4.74 Å². The number of imidazole rings is 1. The largest absolute Gasteiger partial charge is 0.494 e. The van der Waals surface area contributed by atoms with Crippen molar-refractivity contribution in [1.82, 2.24) is 9.97 Å². The molecule has 1 N–H and O–H groups in total. The van der Waals surface area contributed by atoms with E-state index in [-0.39, 0.29) is 5.78 Å². The minimum atomic E-state index is -0.151. The van der Waals surface area contributed by atoms with Gasteiger partial charge in [0.1, 0.15) is 5.75 Å². The van der Waals surface area contributed by atoms with Gasteiger partial charge in [0.25, 0.3) is 0 Å². The number of carbonyl (C=O) groups is 1. The first kappa shape index (κ1) is 17.7.